The number of benzene rings is 2. The molecule has 1 amide bonds. The molecule has 0 heterocycles. The first kappa shape index (κ1) is 27.3. The van der Waals surface area contributed by atoms with Crippen LogP contribution in [0.3, 0.4) is 0 Å². The summed E-state index contributed by atoms with van der Waals surface area (Å²) < 4.78 is 5.24. The number of rotatable bonds is 11. The topological polar surface area (TPSA) is 95.9 Å². The van der Waals surface area contributed by atoms with E-state index in [4.69, 9.17) is 4.74 Å². The van der Waals surface area contributed by atoms with Crippen LogP contribution in [0.15, 0.2) is 54.6 Å². The molecule has 2 aromatic rings. The lowest BCUT2D eigenvalue weighted by Crippen LogP contribution is -2.51. The van der Waals surface area contributed by atoms with Crippen molar-refractivity contribution in [3.63, 3.8) is 0 Å². The SMILES string of the molecule is CCOC(=O)[C@@H](CCN[C@@H](C)C(=O)N(CC(=O)O)C1Cc2ccccc2C1)c1ccccc1.Cl. The molecule has 0 spiro atoms. The largest absolute Gasteiger partial charge is 0.480 e. The van der Waals surface area contributed by atoms with E-state index in [0.717, 1.165) is 16.7 Å². The number of fused-ring (bicyclic) bond motifs is 1. The number of esters is 1. The van der Waals surface area contributed by atoms with Crippen molar-refractivity contribution in [2.45, 2.75) is 51.1 Å². The zero-order valence-electron chi connectivity index (χ0n) is 19.6. The zero-order valence-corrected chi connectivity index (χ0v) is 20.4. The Labute approximate surface area is 206 Å². The first-order valence-corrected chi connectivity index (χ1v) is 11.4. The Morgan fingerprint density at radius 3 is 2.21 bits per heavy atom. The molecular formula is C26H33ClN2O5. The quantitative estimate of drug-likeness (QED) is 0.471. The number of carbonyl (C=O) groups excluding carboxylic acids is 2. The van der Waals surface area contributed by atoms with Crippen molar-refractivity contribution in [1.82, 2.24) is 10.2 Å². The Bertz CT molecular complexity index is 944. The first-order valence-electron chi connectivity index (χ1n) is 11.4. The Kier molecular flexibility index (Phi) is 10.5. The smallest absolute Gasteiger partial charge is 0.323 e. The summed E-state index contributed by atoms with van der Waals surface area (Å²) in [6.45, 7) is 3.90. The average molecular weight is 489 g/mol. The number of aliphatic carboxylic acids is 1. The lowest BCUT2D eigenvalue weighted by molar-refractivity contribution is -0.147. The van der Waals surface area contributed by atoms with E-state index in [2.05, 4.69) is 5.32 Å². The molecule has 2 atom stereocenters. The predicted octanol–water partition coefficient (Wildman–Crippen LogP) is 3.20. The third-order valence-corrected chi connectivity index (χ3v) is 6.09. The molecule has 0 aromatic heterocycles. The van der Waals surface area contributed by atoms with Crippen molar-refractivity contribution in [2.75, 3.05) is 19.7 Å². The number of hydrogen-bond acceptors (Lipinski definition) is 5. The molecule has 8 heteroatoms. The van der Waals surface area contributed by atoms with Gasteiger partial charge in [0.05, 0.1) is 18.6 Å². The third kappa shape index (κ3) is 7.05. The molecular weight excluding hydrogens is 456 g/mol. The second kappa shape index (κ2) is 13.1. The second-order valence-electron chi connectivity index (χ2n) is 8.37. The van der Waals surface area contributed by atoms with Crippen LogP contribution in [0.25, 0.3) is 0 Å². The van der Waals surface area contributed by atoms with Crippen LogP contribution in [-0.4, -0.2) is 59.6 Å². The molecule has 7 nitrogen and oxygen atoms in total. The zero-order chi connectivity index (χ0) is 23.8. The number of amides is 1. The summed E-state index contributed by atoms with van der Waals surface area (Å²) >= 11 is 0. The van der Waals surface area contributed by atoms with Crippen LogP contribution in [0.4, 0.5) is 0 Å². The molecule has 0 aliphatic heterocycles. The Morgan fingerprint density at radius 1 is 1.06 bits per heavy atom. The van der Waals surface area contributed by atoms with Crippen LogP contribution >= 0.6 is 12.4 Å². The fourth-order valence-electron chi connectivity index (χ4n) is 4.42. The number of halogens is 1. The third-order valence-electron chi connectivity index (χ3n) is 6.09. The van der Waals surface area contributed by atoms with Crippen molar-refractivity contribution >= 4 is 30.3 Å². The number of hydrogen-bond donors (Lipinski definition) is 2. The molecule has 0 bridgehead atoms. The van der Waals surface area contributed by atoms with Crippen LogP contribution in [-0.2, 0) is 32.0 Å². The van der Waals surface area contributed by atoms with Crippen LogP contribution in [0, 0.1) is 0 Å². The maximum atomic E-state index is 13.2. The van der Waals surface area contributed by atoms with Gasteiger partial charge in [0.15, 0.2) is 0 Å². The van der Waals surface area contributed by atoms with Crippen molar-refractivity contribution in [3.8, 4) is 0 Å². The summed E-state index contributed by atoms with van der Waals surface area (Å²) in [5.41, 5.74) is 3.19. The van der Waals surface area contributed by atoms with Gasteiger partial charge in [0.2, 0.25) is 5.91 Å². The van der Waals surface area contributed by atoms with Crippen LogP contribution in [0.2, 0.25) is 0 Å². The van der Waals surface area contributed by atoms with E-state index in [-0.39, 0.29) is 36.9 Å². The standard InChI is InChI=1S/C26H32N2O5.ClH/c1-3-33-26(32)23(19-9-5-4-6-10-19)13-14-27-18(2)25(31)28(17-24(29)30)22-15-20-11-7-8-12-21(20)16-22;/h4-12,18,22-23,27H,3,13-17H2,1-2H3,(H,29,30);1H/t18-,23-;/m0./s1. The van der Waals surface area contributed by atoms with E-state index >= 15 is 0 Å². The van der Waals surface area contributed by atoms with E-state index in [1.807, 2.05) is 54.6 Å². The molecule has 1 aliphatic rings. The molecule has 1 aliphatic carbocycles. The predicted molar refractivity (Wildman–Crippen MR) is 132 cm³/mol. The molecule has 0 saturated heterocycles. The highest BCUT2D eigenvalue weighted by atomic mass is 35.5. The van der Waals surface area contributed by atoms with E-state index in [1.54, 1.807) is 13.8 Å². The Balaban J connectivity index is 0.00000408. The lowest BCUT2D eigenvalue weighted by atomic mass is 9.95. The van der Waals surface area contributed by atoms with Crippen molar-refractivity contribution in [3.05, 3.63) is 71.3 Å². The van der Waals surface area contributed by atoms with E-state index in [1.165, 1.54) is 4.90 Å². The van der Waals surface area contributed by atoms with Gasteiger partial charge in [-0.2, -0.15) is 0 Å². The first-order chi connectivity index (χ1) is 15.9. The number of nitrogens with one attached hydrogen (secondary N) is 1. The van der Waals surface area contributed by atoms with E-state index < -0.39 is 17.9 Å². The Morgan fingerprint density at radius 2 is 1.65 bits per heavy atom. The van der Waals surface area contributed by atoms with Gasteiger partial charge in [-0.1, -0.05) is 54.6 Å². The summed E-state index contributed by atoms with van der Waals surface area (Å²) in [5, 5.41) is 12.6. The van der Waals surface area contributed by atoms with E-state index in [0.29, 0.717) is 32.4 Å². The maximum absolute atomic E-state index is 13.2. The summed E-state index contributed by atoms with van der Waals surface area (Å²) in [7, 11) is 0. The highest BCUT2D eigenvalue weighted by Gasteiger charge is 2.33. The van der Waals surface area contributed by atoms with Gasteiger partial charge in [-0.25, -0.2) is 0 Å². The van der Waals surface area contributed by atoms with Gasteiger partial charge in [-0.05, 0) is 56.3 Å². The molecule has 0 radical (unpaired) electrons. The van der Waals surface area contributed by atoms with Crippen LogP contribution in [0.1, 0.15) is 42.9 Å². The summed E-state index contributed by atoms with van der Waals surface area (Å²) in [6, 6.07) is 16.7. The maximum Gasteiger partial charge on any atom is 0.323 e. The van der Waals surface area contributed by atoms with Crippen LogP contribution in [0.5, 0.6) is 0 Å². The van der Waals surface area contributed by atoms with Gasteiger partial charge >= 0.3 is 11.9 Å². The van der Waals surface area contributed by atoms with Gasteiger partial charge in [0, 0.05) is 6.04 Å². The number of ether oxygens (including phenoxy) is 1. The molecule has 0 saturated carbocycles. The molecule has 184 valence electrons. The fourth-order valence-corrected chi connectivity index (χ4v) is 4.42. The minimum absolute atomic E-state index is 0. The minimum atomic E-state index is -1.03. The highest BCUT2D eigenvalue weighted by Crippen LogP contribution is 2.26. The van der Waals surface area contributed by atoms with Gasteiger partial charge in [0.25, 0.3) is 0 Å². The van der Waals surface area contributed by atoms with Gasteiger partial charge < -0.3 is 20.1 Å². The molecule has 2 N–H and O–H groups in total. The highest BCUT2D eigenvalue weighted by molar-refractivity contribution is 5.86. The minimum Gasteiger partial charge on any atom is -0.480 e. The summed E-state index contributed by atoms with van der Waals surface area (Å²) in [4.78, 5) is 38.7. The second-order valence-corrected chi connectivity index (χ2v) is 8.37. The van der Waals surface area contributed by atoms with Crippen molar-refractivity contribution in [1.29, 1.82) is 0 Å². The average Bonchev–Trinajstić information content (AvgIpc) is 3.24. The van der Waals surface area contributed by atoms with Crippen molar-refractivity contribution < 1.29 is 24.2 Å². The van der Waals surface area contributed by atoms with Gasteiger partial charge in [0.1, 0.15) is 6.54 Å². The normalized spacial score (nSPS) is 14.4. The number of carboxylic acids is 1. The number of carbonyl (C=O) groups is 3. The summed E-state index contributed by atoms with van der Waals surface area (Å²) in [6.07, 6.45) is 1.77. The molecule has 2 aromatic carbocycles. The van der Waals surface area contributed by atoms with E-state index in [9.17, 15) is 19.5 Å². The molecule has 34 heavy (non-hydrogen) atoms. The summed E-state index contributed by atoms with van der Waals surface area (Å²) in [5.74, 6) is -2.00. The number of carboxylic acid groups (broad SMARTS) is 1. The lowest BCUT2D eigenvalue weighted by Gasteiger charge is -2.30. The fraction of sp³-hybridized carbons (Fsp3) is 0.423. The number of nitrogens with zero attached hydrogens (tertiary/aromatic N) is 1. The van der Waals surface area contributed by atoms with Crippen LogP contribution < -0.4 is 5.32 Å². The monoisotopic (exact) mass is 488 g/mol. The molecule has 3 rings (SSSR count). The van der Waals surface area contributed by atoms with Crippen molar-refractivity contribution in [2.24, 2.45) is 0 Å². The molecule has 0 unspecified atom stereocenters. The van der Waals surface area contributed by atoms with Gasteiger partial charge in [-0.3, -0.25) is 14.4 Å². The molecule has 0 fully saturated rings. The van der Waals surface area contributed by atoms with Gasteiger partial charge in [-0.15, -0.1) is 12.4 Å². The Hall–Kier alpha value is -2.90.